The molecule has 0 saturated heterocycles. The number of hydrogen-bond donors (Lipinski definition) is 1. The van der Waals surface area contributed by atoms with Gasteiger partial charge < -0.3 is 9.67 Å². The van der Waals surface area contributed by atoms with E-state index in [4.69, 9.17) is 5.11 Å². The summed E-state index contributed by atoms with van der Waals surface area (Å²) in [5.41, 5.74) is -0.726. The Morgan fingerprint density at radius 3 is 2.70 bits per heavy atom. The van der Waals surface area contributed by atoms with Gasteiger partial charge in [-0.1, -0.05) is 6.92 Å². The topological polar surface area (TPSA) is 102 Å². The fourth-order valence-electron chi connectivity index (χ4n) is 2.07. The van der Waals surface area contributed by atoms with Gasteiger partial charge in [0.25, 0.3) is 5.69 Å². The van der Waals surface area contributed by atoms with Crippen molar-refractivity contribution in [3.8, 4) is 0 Å². The SMILES string of the molecule is CCCn1cc(C(=O)O)c(=O)c2ccc([N+](=O)[O-])cc21. The molecular formula is C13H12N2O5. The van der Waals surface area contributed by atoms with E-state index >= 15 is 0 Å². The maximum Gasteiger partial charge on any atom is 0.341 e. The molecule has 0 saturated carbocycles. The lowest BCUT2D eigenvalue weighted by Gasteiger charge is -2.10. The van der Waals surface area contributed by atoms with Gasteiger partial charge in [-0.05, 0) is 12.5 Å². The summed E-state index contributed by atoms with van der Waals surface area (Å²) in [5, 5.41) is 20.0. The van der Waals surface area contributed by atoms with E-state index in [2.05, 4.69) is 0 Å². The summed E-state index contributed by atoms with van der Waals surface area (Å²) in [5.74, 6) is -1.31. The Bertz CT molecular complexity index is 763. The third-order valence-corrected chi connectivity index (χ3v) is 2.97. The Kier molecular flexibility index (Phi) is 3.51. The number of nitro benzene ring substituents is 1. The number of carbonyl (C=O) groups is 1. The van der Waals surface area contributed by atoms with Crippen LogP contribution < -0.4 is 5.43 Å². The van der Waals surface area contributed by atoms with Crippen LogP contribution in [0.5, 0.6) is 0 Å². The van der Waals surface area contributed by atoms with E-state index in [1.54, 1.807) is 4.57 Å². The molecule has 7 nitrogen and oxygen atoms in total. The third-order valence-electron chi connectivity index (χ3n) is 2.97. The lowest BCUT2D eigenvalue weighted by Crippen LogP contribution is -2.19. The fraction of sp³-hybridized carbons (Fsp3) is 0.231. The molecule has 2 aromatic rings. The second-order valence-electron chi connectivity index (χ2n) is 4.33. The summed E-state index contributed by atoms with van der Waals surface area (Å²) in [7, 11) is 0. The van der Waals surface area contributed by atoms with Gasteiger partial charge in [-0.25, -0.2) is 4.79 Å². The number of benzene rings is 1. The smallest absolute Gasteiger partial charge is 0.341 e. The Hall–Kier alpha value is -2.70. The number of carboxylic acid groups (broad SMARTS) is 1. The molecule has 1 aromatic heterocycles. The average Bonchev–Trinajstić information content (AvgIpc) is 2.41. The van der Waals surface area contributed by atoms with Crippen molar-refractivity contribution in [3.63, 3.8) is 0 Å². The molecule has 0 atom stereocenters. The predicted octanol–water partition coefficient (Wildman–Crippen LogP) is 2.02. The molecular weight excluding hydrogens is 264 g/mol. The van der Waals surface area contributed by atoms with Crippen molar-refractivity contribution in [2.75, 3.05) is 0 Å². The minimum absolute atomic E-state index is 0.134. The number of rotatable bonds is 4. The van der Waals surface area contributed by atoms with E-state index in [0.29, 0.717) is 18.5 Å². The summed E-state index contributed by atoms with van der Waals surface area (Å²) in [6.07, 6.45) is 1.94. The number of aryl methyl sites for hydroxylation is 1. The van der Waals surface area contributed by atoms with Crippen LogP contribution in [0.25, 0.3) is 10.9 Å². The van der Waals surface area contributed by atoms with Crippen molar-refractivity contribution in [2.24, 2.45) is 0 Å². The monoisotopic (exact) mass is 276 g/mol. The predicted molar refractivity (Wildman–Crippen MR) is 72.1 cm³/mol. The van der Waals surface area contributed by atoms with Crippen molar-refractivity contribution in [1.82, 2.24) is 4.57 Å². The number of nitrogens with zero attached hydrogens (tertiary/aromatic N) is 2. The molecule has 0 bridgehead atoms. The largest absolute Gasteiger partial charge is 0.477 e. The highest BCUT2D eigenvalue weighted by Crippen LogP contribution is 2.19. The first kappa shape index (κ1) is 13.7. The summed E-state index contributed by atoms with van der Waals surface area (Å²) in [4.78, 5) is 33.4. The van der Waals surface area contributed by atoms with E-state index in [0.717, 1.165) is 0 Å². The van der Waals surface area contributed by atoms with E-state index in [9.17, 15) is 19.7 Å². The molecule has 0 unspecified atom stereocenters. The molecule has 7 heteroatoms. The molecule has 2 rings (SSSR count). The van der Waals surface area contributed by atoms with Gasteiger partial charge >= 0.3 is 5.97 Å². The van der Waals surface area contributed by atoms with E-state index < -0.39 is 16.3 Å². The van der Waals surface area contributed by atoms with Crippen molar-refractivity contribution in [2.45, 2.75) is 19.9 Å². The number of non-ortho nitro benzene ring substituents is 1. The maximum absolute atomic E-state index is 12.0. The summed E-state index contributed by atoms with van der Waals surface area (Å²) >= 11 is 0. The highest BCUT2D eigenvalue weighted by Gasteiger charge is 2.16. The Morgan fingerprint density at radius 1 is 1.45 bits per heavy atom. The second kappa shape index (κ2) is 5.12. The molecule has 0 aliphatic carbocycles. The number of aromatic nitrogens is 1. The fourth-order valence-corrected chi connectivity index (χ4v) is 2.07. The third kappa shape index (κ3) is 2.25. The molecule has 0 amide bonds. The second-order valence-corrected chi connectivity index (χ2v) is 4.33. The quantitative estimate of drug-likeness (QED) is 0.679. The first-order valence-electron chi connectivity index (χ1n) is 6.00. The van der Waals surface area contributed by atoms with Crippen molar-refractivity contribution >= 4 is 22.6 Å². The van der Waals surface area contributed by atoms with Crippen LogP contribution in [0, 0.1) is 10.1 Å². The minimum atomic E-state index is -1.31. The molecule has 1 aromatic carbocycles. The van der Waals surface area contributed by atoms with Gasteiger partial charge in [-0.15, -0.1) is 0 Å². The molecule has 0 aliphatic heterocycles. The van der Waals surface area contributed by atoms with Gasteiger partial charge in [-0.2, -0.15) is 0 Å². The van der Waals surface area contributed by atoms with Crippen molar-refractivity contribution < 1.29 is 14.8 Å². The lowest BCUT2D eigenvalue weighted by atomic mass is 10.1. The van der Waals surface area contributed by atoms with Gasteiger partial charge in [0, 0.05) is 30.3 Å². The minimum Gasteiger partial charge on any atom is -0.477 e. The molecule has 104 valence electrons. The van der Waals surface area contributed by atoms with Gasteiger partial charge in [-0.3, -0.25) is 14.9 Å². The number of hydrogen-bond acceptors (Lipinski definition) is 4. The average molecular weight is 276 g/mol. The zero-order valence-electron chi connectivity index (χ0n) is 10.7. The molecule has 1 heterocycles. The van der Waals surface area contributed by atoms with Crippen LogP contribution in [0.15, 0.2) is 29.2 Å². The summed E-state index contributed by atoms with van der Waals surface area (Å²) in [6.45, 7) is 2.36. The zero-order chi connectivity index (χ0) is 14.9. The number of nitro groups is 1. The number of pyridine rings is 1. The summed E-state index contributed by atoms with van der Waals surface area (Å²) < 4.78 is 1.56. The van der Waals surface area contributed by atoms with Crippen molar-refractivity contribution in [3.05, 3.63) is 50.3 Å². The lowest BCUT2D eigenvalue weighted by molar-refractivity contribution is -0.384. The number of carboxylic acids is 1. The van der Waals surface area contributed by atoms with Crippen LogP contribution in [0.3, 0.4) is 0 Å². The van der Waals surface area contributed by atoms with Crippen molar-refractivity contribution in [1.29, 1.82) is 0 Å². The van der Waals surface area contributed by atoms with Crippen LogP contribution in [0.2, 0.25) is 0 Å². The molecule has 20 heavy (non-hydrogen) atoms. The molecule has 1 N–H and O–H groups in total. The highest BCUT2D eigenvalue weighted by molar-refractivity contribution is 5.93. The molecule has 0 radical (unpaired) electrons. The zero-order valence-corrected chi connectivity index (χ0v) is 10.7. The normalized spacial score (nSPS) is 10.7. The standard InChI is InChI=1S/C13H12N2O5/c1-2-5-14-7-10(13(17)18)12(16)9-4-3-8(15(19)20)6-11(9)14/h3-4,6-7H,2,5H2,1H3,(H,17,18). The first-order chi connectivity index (χ1) is 9.45. The van der Waals surface area contributed by atoms with E-state index in [1.165, 1.54) is 24.4 Å². The van der Waals surface area contributed by atoms with Gasteiger partial charge in [0.1, 0.15) is 5.56 Å². The molecule has 0 aliphatic rings. The number of fused-ring (bicyclic) bond motifs is 1. The van der Waals surface area contributed by atoms with E-state index in [-0.39, 0.29) is 16.6 Å². The Labute approximate surface area is 113 Å². The maximum atomic E-state index is 12.0. The van der Waals surface area contributed by atoms with E-state index in [1.807, 2.05) is 6.92 Å². The van der Waals surface area contributed by atoms with Crippen LogP contribution in [0.1, 0.15) is 23.7 Å². The van der Waals surface area contributed by atoms with Gasteiger partial charge in [0.2, 0.25) is 5.43 Å². The van der Waals surface area contributed by atoms with Crippen LogP contribution in [0.4, 0.5) is 5.69 Å². The van der Waals surface area contributed by atoms with Crippen LogP contribution >= 0.6 is 0 Å². The van der Waals surface area contributed by atoms with Crippen LogP contribution in [-0.2, 0) is 6.54 Å². The Balaban J connectivity index is 2.86. The summed E-state index contributed by atoms with van der Waals surface area (Å²) in [6, 6.07) is 3.79. The number of aromatic carboxylic acids is 1. The first-order valence-corrected chi connectivity index (χ1v) is 6.00. The van der Waals surface area contributed by atoms with Crippen LogP contribution in [-0.4, -0.2) is 20.6 Å². The molecule has 0 fully saturated rings. The Morgan fingerprint density at radius 2 is 2.15 bits per heavy atom. The highest BCUT2D eigenvalue weighted by atomic mass is 16.6. The molecule has 0 spiro atoms. The van der Waals surface area contributed by atoms with Gasteiger partial charge in [0.05, 0.1) is 10.4 Å². The van der Waals surface area contributed by atoms with Gasteiger partial charge in [0.15, 0.2) is 0 Å².